The second kappa shape index (κ2) is 5.33. The third-order valence-corrected chi connectivity index (χ3v) is 4.09. The molecule has 2 N–H and O–H groups in total. The number of nitrogens with one attached hydrogen (secondary N) is 1. The standard InChI is InChI=1S/C16H17NO4/c1-2-9-4-3-5-10(8-9)17-15(18)13-11-6-7-12(21-11)14(13)16(19)20/h3-8,11-14H,2H2,1H3,(H,17,18)(H,19,20)/t11-,12+,13-,14+/m1/s1. The Morgan fingerprint density at radius 3 is 2.62 bits per heavy atom. The second-order valence-electron chi connectivity index (χ2n) is 5.38. The van der Waals surface area contributed by atoms with E-state index in [1.807, 2.05) is 25.1 Å². The van der Waals surface area contributed by atoms with Gasteiger partial charge >= 0.3 is 5.97 Å². The number of aliphatic carboxylic acids is 1. The predicted octanol–water partition coefficient (Wildman–Crippen LogP) is 1.84. The molecule has 1 saturated heterocycles. The van der Waals surface area contributed by atoms with Crippen molar-refractivity contribution in [3.63, 3.8) is 0 Å². The van der Waals surface area contributed by atoms with Gasteiger partial charge in [0.25, 0.3) is 0 Å². The third-order valence-electron chi connectivity index (χ3n) is 4.09. The Bertz CT molecular complexity index is 610. The van der Waals surface area contributed by atoms with Gasteiger partial charge < -0.3 is 15.2 Å². The van der Waals surface area contributed by atoms with E-state index >= 15 is 0 Å². The molecular weight excluding hydrogens is 270 g/mol. The Hall–Kier alpha value is -2.14. The zero-order valence-electron chi connectivity index (χ0n) is 11.7. The number of hydrogen-bond donors (Lipinski definition) is 2. The van der Waals surface area contributed by atoms with Crippen molar-refractivity contribution in [1.82, 2.24) is 0 Å². The fraction of sp³-hybridized carbons (Fsp3) is 0.375. The van der Waals surface area contributed by atoms with Crippen LogP contribution in [0.5, 0.6) is 0 Å². The van der Waals surface area contributed by atoms with Crippen LogP contribution in [0.1, 0.15) is 12.5 Å². The van der Waals surface area contributed by atoms with Gasteiger partial charge in [-0.25, -0.2) is 0 Å². The smallest absolute Gasteiger partial charge is 0.310 e. The molecule has 2 aliphatic rings. The average molecular weight is 287 g/mol. The highest BCUT2D eigenvalue weighted by molar-refractivity contribution is 5.96. The van der Waals surface area contributed by atoms with Crippen molar-refractivity contribution in [2.24, 2.45) is 11.8 Å². The van der Waals surface area contributed by atoms with Gasteiger partial charge in [0.15, 0.2) is 0 Å². The molecular formula is C16H17NO4. The number of carboxylic acids is 1. The molecule has 0 spiro atoms. The van der Waals surface area contributed by atoms with Crippen molar-refractivity contribution >= 4 is 17.6 Å². The molecule has 1 aromatic carbocycles. The summed E-state index contributed by atoms with van der Waals surface area (Å²) >= 11 is 0. The Morgan fingerprint density at radius 2 is 1.95 bits per heavy atom. The van der Waals surface area contributed by atoms with Gasteiger partial charge in [0.1, 0.15) is 5.92 Å². The zero-order valence-corrected chi connectivity index (χ0v) is 11.7. The minimum Gasteiger partial charge on any atom is -0.481 e. The van der Waals surface area contributed by atoms with Crippen LogP contribution in [0.15, 0.2) is 36.4 Å². The Morgan fingerprint density at radius 1 is 1.24 bits per heavy atom. The number of anilines is 1. The number of fused-ring (bicyclic) bond motifs is 2. The largest absolute Gasteiger partial charge is 0.481 e. The van der Waals surface area contributed by atoms with Crippen LogP contribution in [0.4, 0.5) is 5.69 Å². The summed E-state index contributed by atoms with van der Waals surface area (Å²) in [6.45, 7) is 2.04. The van der Waals surface area contributed by atoms with Crippen LogP contribution in [0, 0.1) is 11.8 Å². The van der Waals surface area contributed by atoms with Crippen molar-refractivity contribution in [1.29, 1.82) is 0 Å². The molecule has 5 heteroatoms. The van der Waals surface area contributed by atoms with E-state index in [9.17, 15) is 14.7 Å². The van der Waals surface area contributed by atoms with E-state index in [1.165, 1.54) is 0 Å². The van der Waals surface area contributed by atoms with Crippen LogP contribution >= 0.6 is 0 Å². The molecule has 2 heterocycles. The van der Waals surface area contributed by atoms with E-state index in [0.717, 1.165) is 12.0 Å². The first-order valence-corrected chi connectivity index (χ1v) is 7.06. The number of carbonyl (C=O) groups excluding carboxylic acids is 1. The van der Waals surface area contributed by atoms with Gasteiger partial charge in [-0.3, -0.25) is 9.59 Å². The van der Waals surface area contributed by atoms with Crippen molar-refractivity contribution in [2.75, 3.05) is 5.32 Å². The molecule has 1 fully saturated rings. The third kappa shape index (κ3) is 2.45. The predicted molar refractivity (Wildman–Crippen MR) is 76.9 cm³/mol. The van der Waals surface area contributed by atoms with Gasteiger partial charge in [-0.2, -0.15) is 0 Å². The van der Waals surface area contributed by atoms with Crippen molar-refractivity contribution in [3.8, 4) is 0 Å². The highest BCUT2D eigenvalue weighted by atomic mass is 16.5. The van der Waals surface area contributed by atoms with E-state index in [-0.39, 0.29) is 5.91 Å². The number of ether oxygens (including phenoxy) is 1. The van der Waals surface area contributed by atoms with Gasteiger partial charge in [-0.1, -0.05) is 31.2 Å². The number of aryl methyl sites for hydroxylation is 1. The first-order chi connectivity index (χ1) is 10.1. The Balaban J connectivity index is 1.78. The van der Waals surface area contributed by atoms with Gasteiger partial charge in [-0.05, 0) is 24.1 Å². The lowest BCUT2D eigenvalue weighted by atomic mass is 9.82. The second-order valence-corrected chi connectivity index (χ2v) is 5.38. The van der Waals surface area contributed by atoms with Crippen molar-refractivity contribution in [3.05, 3.63) is 42.0 Å². The highest BCUT2D eigenvalue weighted by Gasteiger charge is 2.53. The summed E-state index contributed by atoms with van der Waals surface area (Å²) in [4.78, 5) is 23.8. The quantitative estimate of drug-likeness (QED) is 0.829. The van der Waals surface area contributed by atoms with Crippen LogP contribution < -0.4 is 5.32 Å². The van der Waals surface area contributed by atoms with Gasteiger partial charge in [0.05, 0.1) is 18.1 Å². The summed E-state index contributed by atoms with van der Waals surface area (Å²) < 4.78 is 5.51. The molecule has 0 aromatic heterocycles. The minimum atomic E-state index is -0.991. The fourth-order valence-electron chi connectivity index (χ4n) is 3.01. The lowest BCUT2D eigenvalue weighted by molar-refractivity contribution is -0.145. The maximum atomic E-state index is 12.4. The monoisotopic (exact) mass is 287 g/mol. The summed E-state index contributed by atoms with van der Waals surface area (Å²) in [5, 5.41) is 12.1. The van der Waals surface area contributed by atoms with E-state index < -0.39 is 30.0 Å². The van der Waals surface area contributed by atoms with Gasteiger partial charge in [0.2, 0.25) is 5.91 Å². The molecule has 1 aromatic rings. The molecule has 1 amide bonds. The van der Waals surface area contributed by atoms with Gasteiger partial charge in [0, 0.05) is 5.69 Å². The van der Waals surface area contributed by atoms with Crippen LogP contribution in [0.3, 0.4) is 0 Å². The number of benzene rings is 1. The number of amides is 1. The number of rotatable bonds is 4. The maximum Gasteiger partial charge on any atom is 0.310 e. The normalized spacial score (nSPS) is 29.6. The SMILES string of the molecule is CCc1cccc(NC(=O)[C@H]2[C@@H](C(=O)O)[C@@H]3C=C[C@H]2O3)c1. The zero-order chi connectivity index (χ0) is 15.0. The molecule has 0 unspecified atom stereocenters. The minimum absolute atomic E-state index is 0.299. The molecule has 4 atom stereocenters. The molecule has 2 aliphatic heterocycles. The number of hydrogen-bond acceptors (Lipinski definition) is 3. The average Bonchev–Trinajstić information content (AvgIpc) is 3.07. The lowest BCUT2D eigenvalue weighted by Gasteiger charge is -2.21. The molecule has 3 rings (SSSR count). The summed E-state index contributed by atoms with van der Waals surface area (Å²) in [7, 11) is 0. The van der Waals surface area contributed by atoms with Crippen LogP contribution in [-0.2, 0) is 20.7 Å². The van der Waals surface area contributed by atoms with Crippen LogP contribution in [0.2, 0.25) is 0 Å². The number of carbonyl (C=O) groups is 2. The van der Waals surface area contributed by atoms with E-state index in [4.69, 9.17) is 4.74 Å². The number of carboxylic acid groups (broad SMARTS) is 1. The first-order valence-electron chi connectivity index (χ1n) is 7.06. The molecule has 0 aliphatic carbocycles. The molecule has 2 bridgehead atoms. The van der Waals surface area contributed by atoms with E-state index in [2.05, 4.69) is 5.32 Å². The summed E-state index contributed by atoms with van der Waals surface area (Å²) in [5.41, 5.74) is 1.81. The molecule has 5 nitrogen and oxygen atoms in total. The highest BCUT2D eigenvalue weighted by Crippen LogP contribution is 2.39. The Kier molecular flexibility index (Phi) is 3.51. The fourth-order valence-corrected chi connectivity index (χ4v) is 3.01. The summed E-state index contributed by atoms with van der Waals surface area (Å²) in [6.07, 6.45) is 3.44. The topological polar surface area (TPSA) is 75.6 Å². The lowest BCUT2D eigenvalue weighted by Crippen LogP contribution is -2.39. The van der Waals surface area contributed by atoms with E-state index in [0.29, 0.717) is 5.69 Å². The molecule has 0 radical (unpaired) electrons. The van der Waals surface area contributed by atoms with Gasteiger partial charge in [-0.15, -0.1) is 0 Å². The maximum absolute atomic E-state index is 12.4. The van der Waals surface area contributed by atoms with Crippen LogP contribution in [0.25, 0.3) is 0 Å². The summed E-state index contributed by atoms with van der Waals surface area (Å²) in [6, 6.07) is 7.56. The van der Waals surface area contributed by atoms with E-state index in [1.54, 1.807) is 18.2 Å². The van der Waals surface area contributed by atoms with Crippen molar-refractivity contribution in [2.45, 2.75) is 25.6 Å². The molecule has 0 saturated carbocycles. The van der Waals surface area contributed by atoms with Crippen molar-refractivity contribution < 1.29 is 19.4 Å². The van der Waals surface area contributed by atoms with Crippen LogP contribution in [-0.4, -0.2) is 29.2 Å². The summed E-state index contributed by atoms with van der Waals surface area (Å²) in [5.74, 6) is -2.78. The first kappa shape index (κ1) is 13.8. The molecule has 110 valence electrons. The molecule has 21 heavy (non-hydrogen) atoms. The Labute approximate surface area is 122 Å².